The summed E-state index contributed by atoms with van der Waals surface area (Å²) < 4.78 is 41.9. The van der Waals surface area contributed by atoms with Gasteiger partial charge in [0, 0.05) is 5.69 Å². The molecule has 3 aromatic rings. The maximum atomic E-state index is 14.5. The molecule has 30 heavy (non-hydrogen) atoms. The largest absolute Gasteiger partial charge is 0.324 e. The summed E-state index contributed by atoms with van der Waals surface area (Å²) in [6.07, 6.45) is 0. The molecular weight excluding hydrogens is 403 g/mol. The highest BCUT2D eigenvalue weighted by Gasteiger charge is 2.29. The molecule has 0 aliphatic heterocycles. The van der Waals surface area contributed by atoms with Crippen LogP contribution < -0.4 is 9.62 Å². The molecule has 0 spiro atoms. The lowest BCUT2D eigenvalue weighted by atomic mass is 10.1. The fourth-order valence-electron chi connectivity index (χ4n) is 3.11. The maximum absolute atomic E-state index is 14.5. The second kappa shape index (κ2) is 8.67. The number of aryl methyl sites for hydroxylation is 3. The smallest absolute Gasteiger partial charge is 0.264 e. The Labute approximate surface area is 176 Å². The van der Waals surface area contributed by atoms with Crippen LogP contribution in [-0.4, -0.2) is 20.9 Å². The van der Waals surface area contributed by atoms with Crippen molar-refractivity contribution in [3.63, 3.8) is 0 Å². The fourth-order valence-corrected chi connectivity index (χ4v) is 4.54. The number of halogens is 1. The summed E-state index contributed by atoms with van der Waals surface area (Å²) >= 11 is 0. The maximum Gasteiger partial charge on any atom is 0.264 e. The van der Waals surface area contributed by atoms with Crippen molar-refractivity contribution in [2.75, 3.05) is 16.2 Å². The molecule has 7 heteroatoms. The van der Waals surface area contributed by atoms with E-state index in [0.29, 0.717) is 5.69 Å². The highest BCUT2D eigenvalue weighted by Crippen LogP contribution is 2.27. The first-order chi connectivity index (χ1) is 14.2. The molecule has 0 fully saturated rings. The lowest BCUT2D eigenvalue weighted by Gasteiger charge is -2.25. The highest BCUT2D eigenvalue weighted by atomic mass is 32.2. The third-order valence-corrected chi connectivity index (χ3v) is 6.54. The van der Waals surface area contributed by atoms with E-state index in [1.54, 1.807) is 12.1 Å². The topological polar surface area (TPSA) is 66.5 Å². The van der Waals surface area contributed by atoms with Crippen molar-refractivity contribution in [3.05, 3.63) is 89.2 Å². The molecule has 0 aliphatic carbocycles. The molecule has 0 bridgehead atoms. The third-order valence-electron chi connectivity index (χ3n) is 4.76. The lowest BCUT2D eigenvalue weighted by Crippen LogP contribution is -2.38. The molecule has 0 radical (unpaired) electrons. The van der Waals surface area contributed by atoms with Crippen molar-refractivity contribution in [1.29, 1.82) is 0 Å². The predicted octanol–water partition coefficient (Wildman–Crippen LogP) is 4.58. The minimum absolute atomic E-state index is 0.0174. The molecule has 0 saturated heterocycles. The summed E-state index contributed by atoms with van der Waals surface area (Å²) in [6.45, 7) is 4.97. The number of carbonyl (C=O) groups is 1. The number of hydrogen-bond donors (Lipinski definition) is 1. The van der Waals surface area contributed by atoms with Crippen LogP contribution in [0.4, 0.5) is 15.8 Å². The van der Waals surface area contributed by atoms with Gasteiger partial charge in [-0.2, -0.15) is 0 Å². The van der Waals surface area contributed by atoms with Crippen LogP contribution in [0.25, 0.3) is 0 Å². The molecule has 5 nitrogen and oxygen atoms in total. The molecule has 0 heterocycles. The number of amides is 1. The SMILES string of the molecule is Cc1ccc(S(=O)(=O)N(CC(=O)Nc2c(C)cccc2C)c2ccccc2F)cc1. The standard InChI is InChI=1S/C23H23FN2O3S/c1-16-11-13-19(14-12-16)30(28,29)26(21-10-5-4-9-20(21)24)15-22(27)25-23-17(2)7-6-8-18(23)3/h4-14H,15H2,1-3H3,(H,25,27). The van der Waals surface area contributed by atoms with E-state index in [1.807, 2.05) is 39.0 Å². The Bertz CT molecular complexity index is 1160. The van der Waals surface area contributed by atoms with E-state index in [-0.39, 0.29) is 10.6 Å². The van der Waals surface area contributed by atoms with Crippen molar-refractivity contribution in [2.45, 2.75) is 25.7 Å². The number of nitrogens with zero attached hydrogens (tertiary/aromatic N) is 1. The molecule has 1 amide bonds. The number of benzene rings is 3. The van der Waals surface area contributed by atoms with E-state index in [0.717, 1.165) is 27.1 Å². The zero-order valence-corrected chi connectivity index (χ0v) is 17.8. The van der Waals surface area contributed by atoms with E-state index in [4.69, 9.17) is 0 Å². The van der Waals surface area contributed by atoms with Crippen LogP contribution in [0.15, 0.2) is 71.6 Å². The first-order valence-corrected chi connectivity index (χ1v) is 10.8. The van der Waals surface area contributed by atoms with Gasteiger partial charge in [0.15, 0.2) is 0 Å². The summed E-state index contributed by atoms with van der Waals surface area (Å²) in [5, 5.41) is 2.76. The van der Waals surface area contributed by atoms with E-state index >= 15 is 0 Å². The average molecular weight is 427 g/mol. The molecule has 3 rings (SSSR count). The molecule has 0 unspecified atom stereocenters. The summed E-state index contributed by atoms with van der Waals surface area (Å²) in [5.41, 5.74) is 3.02. The van der Waals surface area contributed by atoms with Gasteiger partial charge in [0.1, 0.15) is 12.4 Å². The number of hydrogen-bond acceptors (Lipinski definition) is 3. The second-order valence-corrected chi connectivity index (χ2v) is 8.95. The van der Waals surface area contributed by atoms with Gasteiger partial charge in [-0.05, 0) is 56.2 Å². The Morgan fingerprint density at radius 1 is 0.900 bits per heavy atom. The Hall–Kier alpha value is -3.19. The Kier molecular flexibility index (Phi) is 6.22. The Morgan fingerprint density at radius 2 is 1.50 bits per heavy atom. The summed E-state index contributed by atoms with van der Waals surface area (Å²) in [5.74, 6) is -1.29. The van der Waals surface area contributed by atoms with Crippen LogP contribution in [0.1, 0.15) is 16.7 Å². The lowest BCUT2D eigenvalue weighted by molar-refractivity contribution is -0.114. The van der Waals surface area contributed by atoms with Crippen LogP contribution in [0.2, 0.25) is 0 Å². The summed E-state index contributed by atoms with van der Waals surface area (Å²) in [7, 11) is -4.17. The van der Waals surface area contributed by atoms with Gasteiger partial charge < -0.3 is 5.32 Å². The minimum Gasteiger partial charge on any atom is -0.324 e. The van der Waals surface area contributed by atoms with Gasteiger partial charge in [-0.25, -0.2) is 12.8 Å². The van der Waals surface area contributed by atoms with Crippen molar-refractivity contribution < 1.29 is 17.6 Å². The van der Waals surface area contributed by atoms with Gasteiger partial charge in [-0.3, -0.25) is 9.10 Å². The van der Waals surface area contributed by atoms with Gasteiger partial charge in [0.2, 0.25) is 5.91 Å². The highest BCUT2D eigenvalue weighted by molar-refractivity contribution is 7.92. The van der Waals surface area contributed by atoms with Crippen molar-refractivity contribution >= 4 is 27.3 Å². The van der Waals surface area contributed by atoms with Crippen LogP contribution >= 0.6 is 0 Å². The molecule has 0 saturated carbocycles. The number of sulfonamides is 1. The first-order valence-electron chi connectivity index (χ1n) is 9.40. The van der Waals surface area contributed by atoms with Crippen molar-refractivity contribution in [3.8, 4) is 0 Å². The monoisotopic (exact) mass is 426 g/mol. The van der Waals surface area contributed by atoms with Gasteiger partial charge >= 0.3 is 0 Å². The Morgan fingerprint density at radius 3 is 2.10 bits per heavy atom. The quantitative estimate of drug-likeness (QED) is 0.627. The molecule has 156 valence electrons. The molecule has 0 aliphatic rings. The van der Waals surface area contributed by atoms with Crippen molar-refractivity contribution in [2.24, 2.45) is 0 Å². The zero-order chi connectivity index (χ0) is 21.9. The van der Waals surface area contributed by atoms with E-state index in [9.17, 15) is 17.6 Å². The van der Waals surface area contributed by atoms with E-state index < -0.39 is 28.3 Å². The van der Waals surface area contributed by atoms with E-state index in [2.05, 4.69) is 5.32 Å². The predicted molar refractivity (Wildman–Crippen MR) is 117 cm³/mol. The number of nitrogens with one attached hydrogen (secondary N) is 1. The third kappa shape index (κ3) is 4.52. The van der Waals surface area contributed by atoms with Crippen LogP contribution in [-0.2, 0) is 14.8 Å². The average Bonchev–Trinajstić information content (AvgIpc) is 2.70. The first kappa shape index (κ1) is 21.5. The number of rotatable bonds is 6. The summed E-state index contributed by atoms with van der Waals surface area (Å²) in [6, 6.07) is 17.3. The second-order valence-electron chi connectivity index (χ2n) is 7.09. The Balaban J connectivity index is 1.99. The molecular formula is C23H23FN2O3S. The molecule has 0 aromatic heterocycles. The molecule has 1 N–H and O–H groups in total. The number of anilines is 2. The summed E-state index contributed by atoms with van der Waals surface area (Å²) in [4.78, 5) is 12.8. The van der Waals surface area contributed by atoms with Gasteiger partial charge in [-0.1, -0.05) is 48.0 Å². The van der Waals surface area contributed by atoms with Crippen LogP contribution in [0.5, 0.6) is 0 Å². The normalized spacial score (nSPS) is 11.2. The zero-order valence-electron chi connectivity index (χ0n) is 17.0. The van der Waals surface area contributed by atoms with Gasteiger partial charge in [0.25, 0.3) is 10.0 Å². The van der Waals surface area contributed by atoms with Crippen molar-refractivity contribution in [1.82, 2.24) is 0 Å². The van der Waals surface area contributed by atoms with E-state index in [1.165, 1.54) is 30.3 Å². The minimum atomic E-state index is -4.17. The molecule has 0 atom stereocenters. The van der Waals surface area contributed by atoms with Gasteiger partial charge in [0.05, 0.1) is 10.6 Å². The van der Waals surface area contributed by atoms with Crippen LogP contribution in [0.3, 0.4) is 0 Å². The molecule has 3 aromatic carbocycles. The number of para-hydroxylation sites is 2. The van der Waals surface area contributed by atoms with Crippen LogP contribution in [0, 0.1) is 26.6 Å². The number of carbonyl (C=O) groups excluding carboxylic acids is 1. The fraction of sp³-hybridized carbons (Fsp3) is 0.174. The van der Waals surface area contributed by atoms with Gasteiger partial charge in [-0.15, -0.1) is 0 Å².